The van der Waals surface area contributed by atoms with Gasteiger partial charge in [0, 0.05) is 0 Å². The normalized spacial score (nSPS) is 25.4. The molecule has 6 heteroatoms. The Morgan fingerprint density at radius 1 is 1.53 bits per heavy atom. The van der Waals surface area contributed by atoms with Gasteiger partial charge in [-0.1, -0.05) is 6.92 Å². The van der Waals surface area contributed by atoms with Crippen LogP contribution < -0.4 is 5.32 Å². The number of piperazine rings is 1. The smallest absolute Gasteiger partial charge is 0.246 e. The van der Waals surface area contributed by atoms with E-state index in [-0.39, 0.29) is 17.9 Å². The fourth-order valence-corrected chi connectivity index (χ4v) is 2.40. The van der Waals surface area contributed by atoms with E-state index in [4.69, 9.17) is 4.42 Å². The van der Waals surface area contributed by atoms with E-state index in [1.165, 1.54) is 0 Å². The largest absolute Gasteiger partial charge is 0.444 e. The molecule has 0 radical (unpaired) electrons. The standard InChI is InChI=1S/C13H19N3O3/c1-5-10-11(17)15-8(3)13(18)16(10)9(4)12-14-6-7(2)19-12/h6,8-10H,5H2,1-4H3,(H,15,17). The second-order valence-corrected chi connectivity index (χ2v) is 4.88. The zero-order valence-corrected chi connectivity index (χ0v) is 11.6. The summed E-state index contributed by atoms with van der Waals surface area (Å²) in [5, 5.41) is 2.69. The molecule has 3 atom stereocenters. The predicted octanol–water partition coefficient (Wildman–Crippen LogP) is 1.17. The van der Waals surface area contributed by atoms with Crippen molar-refractivity contribution >= 4 is 11.8 Å². The maximum atomic E-state index is 12.3. The van der Waals surface area contributed by atoms with Crippen molar-refractivity contribution in [2.75, 3.05) is 0 Å². The van der Waals surface area contributed by atoms with Crippen LogP contribution in [0.3, 0.4) is 0 Å². The Kier molecular flexibility index (Phi) is 3.59. The Morgan fingerprint density at radius 3 is 2.74 bits per heavy atom. The van der Waals surface area contributed by atoms with Crippen LogP contribution in [0.25, 0.3) is 0 Å². The minimum absolute atomic E-state index is 0.102. The van der Waals surface area contributed by atoms with Gasteiger partial charge in [-0.25, -0.2) is 4.98 Å². The third kappa shape index (κ3) is 2.34. The van der Waals surface area contributed by atoms with Gasteiger partial charge in [0.05, 0.1) is 6.20 Å². The van der Waals surface area contributed by atoms with Crippen molar-refractivity contribution in [3.05, 3.63) is 17.8 Å². The number of hydrogen-bond donors (Lipinski definition) is 1. The molecule has 1 aromatic heterocycles. The van der Waals surface area contributed by atoms with E-state index in [0.29, 0.717) is 18.1 Å². The minimum Gasteiger partial charge on any atom is -0.444 e. The lowest BCUT2D eigenvalue weighted by atomic mass is 10.0. The van der Waals surface area contributed by atoms with Crippen molar-refractivity contribution < 1.29 is 14.0 Å². The van der Waals surface area contributed by atoms with E-state index in [0.717, 1.165) is 0 Å². The highest BCUT2D eigenvalue weighted by Crippen LogP contribution is 2.26. The first-order chi connectivity index (χ1) is 8.95. The van der Waals surface area contributed by atoms with E-state index in [1.807, 2.05) is 13.8 Å². The summed E-state index contributed by atoms with van der Waals surface area (Å²) in [6.45, 7) is 7.20. The molecule has 2 amide bonds. The van der Waals surface area contributed by atoms with E-state index < -0.39 is 12.1 Å². The number of carbonyl (C=O) groups is 2. The van der Waals surface area contributed by atoms with Gasteiger partial charge in [-0.15, -0.1) is 0 Å². The van der Waals surface area contributed by atoms with Crippen molar-refractivity contribution in [3.8, 4) is 0 Å². The Morgan fingerprint density at radius 2 is 2.21 bits per heavy atom. The van der Waals surface area contributed by atoms with Crippen LogP contribution in [-0.4, -0.2) is 33.8 Å². The summed E-state index contributed by atoms with van der Waals surface area (Å²) in [6.07, 6.45) is 2.18. The van der Waals surface area contributed by atoms with Crippen LogP contribution in [-0.2, 0) is 9.59 Å². The number of nitrogens with zero attached hydrogens (tertiary/aromatic N) is 2. The minimum atomic E-state index is -0.506. The Labute approximate surface area is 112 Å². The molecule has 19 heavy (non-hydrogen) atoms. The molecule has 6 nitrogen and oxygen atoms in total. The van der Waals surface area contributed by atoms with Crippen LogP contribution in [0.1, 0.15) is 44.9 Å². The van der Waals surface area contributed by atoms with Crippen molar-refractivity contribution in [1.29, 1.82) is 0 Å². The van der Waals surface area contributed by atoms with Gasteiger partial charge in [0.1, 0.15) is 23.9 Å². The van der Waals surface area contributed by atoms with Gasteiger partial charge in [-0.2, -0.15) is 0 Å². The molecule has 0 aliphatic carbocycles. The van der Waals surface area contributed by atoms with Gasteiger partial charge >= 0.3 is 0 Å². The summed E-state index contributed by atoms with van der Waals surface area (Å²) in [5.41, 5.74) is 0. The molecule has 1 aliphatic heterocycles. The second-order valence-electron chi connectivity index (χ2n) is 4.88. The summed E-state index contributed by atoms with van der Waals surface area (Å²) in [6, 6.07) is -1.32. The van der Waals surface area contributed by atoms with Crippen LogP contribution in [0.15, 0.2) is 10.6 Å². The molecule has 1 saturated heterocycles. The van der Waals surface area contributed by atoms with Gasteiger partial charge in [0.15, 0.2) is 0 Å². The molecule has 104 valence electrons. The molecule has 3 unspecified atom stereocenters. The van der Waals surface area contributed by atoms with Gasteiger partial charge in [-0.05, 0) is 27.2 Å². The van der Waals surface area contributed by atoms with Crippen LogP contribution in [0, 0.1) is 6.92 Å². The Balaban J connectivity index is 2.32. The Hall–Kier alpha value is -1.85. The van der Waals surface area contributed by atoms with E-state index >= 15 is 0 Å². The molecule has 2 rings (SSSR count). The van der Waals surface area contributed by atoms with E-state index in [1.54, 1.807) is 24.9 Å². The lowest BCUT2D eigenvalue weighted by Crippen LogP contribution is -2.62. The molecular weight excluding hydrogens is 246 g/mol. The fourth-order valence-electron chi connectivity index (χ4n) is 2.40. The molecule has 2 heterocycles. The van der Waals surface area contributed by atoms with E-state index in [2.05, 4.69) is 10.3 Å². The monoisotopic (exact) mass is 265 g/mol. The SMILES string of the molecule is CCC1C(=O)NC(C)C(=O)N1C(C)c1ncc(C)o1. The molecule has 0 aromatic carbocycles. The van der Waals surface area contributed by atoms with Crippen molar-refractivity contribution in [2.45, 2.75) is 52.2 Å². The predicted molar refractivity (Wildman–Crippen MR) is 68.2 cm³/mol. The second kappa shape index (κ2) is 5.03. The number of nitrogens with one attached hydrogen (secondary N) is 1. The lowest BCUT2D eigenvalue weighted by Gasteiger charge is -2.40. The first-order valence-electron chi connectivity index (χ1n) is 6.50. The molecule has 1 aliphatic rings. The molecule has 0 spiro atoms. The van der Waals surface area contributed by atoms with Crippen LogP contribution in [0.4, 0.5) is 0 Å². The van der Waals surface area contributed by atoms with Gasteiger partial charge in [0.25, 0.3) is 0 Å². The number of aryl methyl sites for hydroxylation is 1. The van der Waals surface area contributed by atoms with Crippen LogP contribution in [0.2, 0.25) is 0 Å². The van der Waals surface area contributed by atoms with Crippen LogP contribution >= 0.6 is 0 Å². The summed E-state index contributed by atoms with van der Waals surface area (Å²) in [5.74, 6) is 0.933. The summed E-state index contributed by atoms with van der Waals surface area (Å²) in [4.78, 5) is 30.0. The quantitative estimate of drug-likeness (QED) is 0.890. The number of aromatic nitrogens is 1. The van der Waals surface area contributed by atoms with Crippen molar-refractivity contribution in [2.24, 2.45) is 0 Å². The Bertz CT molecular complexity index is 497. The average molecular weight is 265 g/mol. The average Bonchev–Trinajstić information content (AvgIpc) is 2.79. The lowest BCUT2D eigenvalue weighted by molar-refractivity contribution is -0.152. The molecule has 1 fully saturated rings. The topological polar surface area (TPSA) is 75.4 Å². The van der Waals surface area contributed by atoms with Crippen molar-refractivity contribution in [1.82, 2.24) is 15.2 Å². The summed E-state index contributed by atoms with van der Waals surface area (Å²) < 4.78 is 5.47. The molecular formula is C13H19N3O3. The molecule has 0 saturated carbocycles. The first kappa shape index (κ1) is 13.6. The zero-order chi connectivity index (χ0) is 14.2. The summed E-state index contributed by atoms with van der Waals surface area (Å²) >= 11 is 0. The maximum absolute atomic E-state index is 12.3. The fraction of sp³-hybridized carbons (Fsp3) is 0.615. The van der Waals surface area contributed by atoms with Gasteiger partial charge < -0.3 is 14.6 Å². The molecule has 1 N–H and O–H groups in total. The number of hydrogen-bond acceptors (Lipinski definition) is 4. The third-order valence-corrected chi connectivity index (χ3v) is 3.42. The highest BCUT2D eigenvalue weighted by Gasteiger charge is 2.41. The summed E-state index contributed by atoms with van der Waals surface area (Å²) in [7, 11) is 0. The number of rotatable bonds is 3. The molecule has 1 aromatic rings. The first-order valence-corrected chi connectivity index (χ1v) is 6.50. The highest BCUT2D eigenvalue weighted by atomic mass is 16.4. The van der Waals surface area contributed by atoms with E-state index in [9.17, 15) is 9.59 Å². The number of oxazole rings is 1. The van der Waals surface area contributed by atoms with Crippen LogP contribution in [0.5, 0.6) is 0 Å². The van der Waals surface area contributed by atoms with Gasteiger partial charge in [0.2, 0.25) is 17.7 Å². The van der Waals surface area contributed by atoms with Gasteiger partial charge in [-0.3, -0.25) is 9.59 Å². The third-order valence-electron chi connectivity index (χ3n) is 3.42. The number of carbonyl (C=O) groups excluding carboxylic acids is 2. The zero-order valence-electron chi connectivity index (χ0n) is 11.6. The maximum Gasteiger partial charge on any atom is 0.246 e. The number of amides is 2. The van der Waals surface area contributed by atoms with Crippen molar-refractivity contribution in [3.63, 3.8) is 0 Å². The molecule has 0 bridgehead atoms. The highest BCUT2D eigenvalue weighted by molar-refractivity contribution is 5.96.